The van der Waals surface area contributed by atoms with Crippen LogP contribution in [0.1, 0.15) is 5.69 Å². The van der Waals surface area contributed by atoms with Crippen molar-refractivity contribution in [3.8, 4) is 17.2 Å². The van der Waals surface area contributed by atoms with E-state index in [-0.39, 0.29) is 18.3 Å². The summed E-state index contributed by atoms with van der Waals surface area (Å²) in [4.78, 5) is 12.5. The molecule has 168 valence electrons. The fourth-order valence-corrected chi connectivity index (χ4v) is 3.75. The molecule has 0 saturated heterocycles. The molecule has 0 radical (unpaired) electrons. The quantitative estimate of drug-likeness (QED) is 0.324. The van der Waals surface area contributed by atoms with Crippen molar-refractivity contribution in [2.75, 3.05) is 25.3 Å². The molecule has 0 atom stereocenters. The number of amides is 1. The first kappa shape index (κ1) is 23.5. The van der Waals surface area contributed by atoms with Crippen molar-refractivity contribution in [1.82, 2.24) is 15.0 Å². The lowest BCUT2D eigenvalue weighted by Crippen LogP contribution is -2.15. The molecule has 1 amide bonds. The minimum atomic E-state index is -0.182. The Morgan fingerprint density at radius 2 is 1.94 bits per heavy atom. The Kier molecular flexibility index (Phi) is 8.41. The van der Waals surface area contributed by atoms with Gasteiger partial charge < -0.3 is 19.5 Å². The van der Waals surface area contributed by atoms with E-state index in [1.54, 1.807) is 67.4 Å². The van der Waals surface area contributed by atoms with E-state index < -0.39 is 0 Å². The van der Waals surface area contributed by atoms with Crippen molar-refractivity contribution < 1.29 is 19.0 Å². The third-order valence-electron chi connectivity index (χ3n) is 4.25. The van der Waals surface area contributed by atoms with Gasteiger partial charge in [0.15, 0.2) is 11.5 Å². The number of carbonyl (C=O) groups is 1. The molecule has 3 rings (SSSR count). The van der Waals surface area contributed by atoms with Crippen molar-refractivity contribution in [3.63, 3.8) is 0 Å². The van der Waals surface area contributed by atoms with Crippen LogP contribution >= 0.6 is 23.4 Å². The molecule has 0 spiro atoms. The van der Waals surface area contributed by atoms with Gasteiger partial charge in [0.1, 0.15) is 23.1 Å². The number of hydrogen-bond donors (Lipinski definition) is 1. The molecule has 0 unspecified atom stereocenters. The second-order valence-electron chi connectivity index (χ2n) is 6.46. The van der Waals surface area contributed by atoms with Gasteiger partial charge in [-0.3, -0.25) is 4.79 Å². The summed E-state index contributed by atoms with van der Waals surface area (Å²) in [5.74, 6) is 1.76. The van der Waals surface area contributed by atoms with Crippen molar-refractivity contribution >= 4 is 35.0 Å². The lowest BCUT2D eigenvalue weighted by Gasteiger charge is -2.11. The maximum atomic E-state index is 12.5. The van der Waals surface area contributed by atoms with E-state index in [9.17, 15) is 4.79 Å². The Morgan fingerprint density at radius 3 is 2.62 bits per heavy atom. The topological polar surface area (TPSA) is 87.5 Å². The van der Waals surface area contributed by atoms with Crippen LogP contribution < -0.4 is 19.5 Å². The zero-order valence-electron chi connectivity index (χ0n) is 17.7. The number of ether oxygens (including phenoxy) is 3. The Morgan fingerprint density at radius 1 is 1.19 bits per heavy atom. The Labute approximate surface area is 195 Å². The summed E-state index contributed by atoms with van der Waals surface area (Å²) >= 11 is 7.23. The van der Waals surface area contributed by atoms with E-state index in [0.717, 1.165) is 5.03 Å². The average molecular weight is 475 g/mol. The normalized spacial score (nSPS) is 10.5. The predicted octanol–water partition coefficient (Wildman–Crippen LogP) is 4.44. The number of rotatable bonds is 11. The average Bonchev–Trinajstić information content (AvgIpc) is 3.18. The molecule has 0 aliphatic heterocycles. The number of aromatic nitrogens is 3. The van der Waals surface area contributed by atoms with Crippen LogP contribution in [0.4, 0.5) is 5.69 Å². The molecule has 1 N–H and O–H groups in total. The Bertz CT molecular complexity index is 1070. The van der Waals surface area contributed by atoms with Gasteiger partial charge in [0.25, 0.3) is 0 Å². The fourth-order valence-electron chi connectivity index (χ4n) is 2.76. The van der Waals surface area contributed by atoms with Gasteiger partial charge >= 0.3 is 0 Å². The standard InChI is InChI=1S/C22H23ClN4O4S/c1-4-11-27-22(18(25-26-27)13-31-17-8-5-15(23)6-9-17)32-14-21(28)24-16-7-10-19(29-2)20(12-16)30-3/h4-10,12H,1,11,13-14H2,2-3H3,(H,24,28). The van der Waals surface area contributed by atoms with Gasteiger partial charge in [-0.05, 0) is 36.4 Å². The molecule has 0 aliphatic rings. The van der Waals surface area contributed by atoms with Crippen LogP contribution in [0.3, 0.4) is 0 Å². The van der Waals surface area contributed by atoms with E-state index in [1.165, 1.54) is 11.8 Å². The molecule has 0 bridgehead atoms. The lowest BCUT2D eigenvalue weighted by molar-refractivity contribution is -0.113. The molecule has 1 aromatic heterocycles. The number of benzene rings is 2. The van der Waals surface area contributed by atoms with Crippen molar-refractivity contribution in [1.29, 1.82) is 0 Å². The number of nitrogens with one attached hydrogen (secondary N) is 1. The molecule has 3 aromatic rings. The maximum Gasteiger partial charge on any atom is 0.234 e. The Balaban J connectivity index is 1.65. The second kappa shape index (κ2) is 11.4. The first-order valence-corrected chi connectivity index (χ1v) is 11.0. The summed E-state index contributed by atoms with van der Waals surface area (Å²) in [5, 5.41) is 12.6. The molecule has 2 aromatic carbocycles. The highest BCUT2D eigenvalue weighted by Crippen LogP contribution is 2.30. The van der Waals surface area contributed by atoms with Gasteiger partial charge in [-0.1, -0.05) is 34.7 Å². The summed E-state index contributed by atoms with van der Waals surface area (Å²) in [6.45, 7) is 4.42. The number of halogens is 1. The van der Waals surface area contributed by atoms with Gasteiger partial charge in [-0.15, -0.1) is 11.7 Å². The number of allylic oxidation sites excluding steroid dienone is 1. The minimum Gasteiger partial charge on any atom is -0.493 e. The highest BCUT2D eigenvalue weighted by molar-refractivity contribution is 8.00. The summed E-state index contributed by atoms with van der Waals surface area (Å²) in [5.41, 5.74) is 1.24. The molecule has 0 saturated carbocycles. The minimum absolute atomic E-state index is 0.160. The van der Waals surface area contributed by atoms with Crippen LogP contribution in [0.25, 0.3) is 0 Å². The molecule has 0 fully saturated rings. The number of nitrogens with zero attached hydrogens (tertiary/aromatic N) is 3. The van der Waals surface area contributed by atoms with E-state index in [1.807, 2.05) is 0 Å². The monoisotopic (exact) mass is 474 g/mol. The van der Waals surface area contributed by atoms with E-state index in [2.05, 4.69) is 22.2 Å². The maximum absolute atomic E-state index is 12.5. The first-order valence-electron chi connectivity index (χ1n) is 9.60. The number of carbonyl (C=O) groups excluding carboxylic acids is 1. The van der Waals surface area contributed by atoms with Crippen molar-refractivity contribution in [2.24, 2.45) is 0 Å². The predicted molar refractivity (Wildman–Crippen MR) is 125 cm³/mol. The molecule has 32 heavy (non-hydrogen) atoms. The van der Waals surface area contributed by atoms with Crippen LogP contribution in [0.15, 0.2) is 60.1 Å². The fraction of sp³-hybridized carbons (Fsp3) is 0.227. The molecule has 1 heterocycles. The smallest absolute Gasteiger partial charge is 0.234 e. The summed E-state index contributed by atoms with van der Waals surface area (Å²) in [6, 6.07) is 12.2. The van der Waals surface area contributed by atoms with Crippen LogP contribution in [0, 0.1) is 0 Å². The second-order valence-corrected chi connectivity index (χ2v) is 7.86. The molecular weight excluding hydrogens is 452 g/mol. The number of methoxy groups -OCH3 is 2. The molecule has 8 nitrogen and oxygen atoms in total. The summed E-state index contributed by atoms with van der Waals surface area (Å²) in [7, 11) is 3.10. The van der Waals surface area contributed by atoms with Gasteiger partial charge in [0.2, 0.25) is 5.91 Å². The number of anilines is 1. The van der Waals surface area contributed by atoms with Gasteiger partial charge in [0.05, 0.1) is 26.5 Å². The molecular formula is C22H23ClN4O4S. The molecule has 10 heteroatoms. The summed E-state index contributed by atoms with van der Waals surface area (Å²) in [6.07, 6.45) is 1.71. The highest BCUT2D eigenvalue weighted by atomic mass is 35.5. The molecule has 0 aliphatic carbocycles. The highest BCUT2D eigenvalue weighted by Gasteiger charge is 2.16. The van der Waals surface area contributed by atoms with Crippen LogP contribution in [-0.4, -0.2) is 40.9 Å². The summed E-state index contributed by atoms with van der Waals surface area (Å²) < 4.78 is 18.0. The first-order chi connectivity index (χ1) is 15.5. The van der Waals surface area contributed by atoms with Gasteiger partial charge in [-0.25, -0.2) is 4.68 Å². The van der Waals surface area contributed by atoms with Gasteiger partial charge in [0, 0.05) is 16.8 Å². The number of hydrogen-bond acceptors (Lipinski definition) is 7. The van der Waals surface area contributed by atoms with E-state index >= 15 is 0 Å². The largest absolute Gasteiger partial charge is 0.493 e. The lowest BCUT2D eigenvalue weighted by atomic mass is 10.2. The van der Waals surface area contributed by atoms with Crippen LogP contribution in [0.5, 0.6) is 17.2 Å². The third kappa shape index (κ3) is 6.18. The third-order valence-corrected chi connectivity index (χ3v) is 5.63. The van der Waals surface area contributed by atoms with Crippen LogP contribution in [0.2, 0.25) is 5.02 Å². The zero-order chi connectivity index (χ0) is 22.9. The van der Waals surface area contributed by atoms with E-state index in [0.29, 0.717) is 40.2 Å². The van der Waals surface area contributed by atoms with Crippen molar-refractivity contribution in [3.05, 3.63) is 65.8 Å². The van der Waals surface area contributed by atoms with E-state index in [4.69, 9.17) is 25.8 Å². The van der Waals surface area contributed by atoms with Crippen molar-refractivity contribution in [2.45, 2.75) is 18.2 Å². The van der Waals surface area contributed by atoms with Crippen LogP contribution in [-0.2, 0) is 17.9 Å². The zero-order valence-corrected chi connectivity index (χ0v) is 19.3. The number of thioether (sulfide) groups is 1. The van der Waals surface area contributed by atoms with Gasteiger partial charge in [-0.2, -0.15) is 0 Å². The SMILES string of the molecule is C=CCn1nnc(COc2ccc(Cl)cc2)c1SCC(=O)Nc1ccc(OC)c(OC)c1. The Hall–Kier alpha value is -3.17.